The fourth-order valence-electron chi connectivity index (χ4n) is 4.76. The Kier molecular flexibility index (Phi) is 8.02. The molecule has 2 aromatic rings. The number of likely N-dealkylation sites (tertiary alicyclic amines) is 1. The minimum atomic E-state index is -0.342. The number of hydrogen-bond acceptors (Lipinski definition) is 5. The maximum Gasteiger partial charge on any atom is 0.255 e. The summed E-state index contributed by atoms with van der Waals surface area (Å²) in [5, 5.41) is 6.02. The largest absolute Gasteiger partial charge is 0.497 e. The van der Waals surface area contributed by atoms with Crippen molar-refractivity contribution in [3.63, 3.8) is 0 Å². The summed E-state index contributed by atoms with van der Waals surface area (Å²) in [7, 11) is 1.55. The van der Waals surface area contributed by atoms with E-state index in [9.17, 15) is 14.4 Å². The van der Waals surface area contributed by atoms with Crippen molar-refractivity contribution in [1.29, 1.82) is 0 Å². The summed E-state index contributed by atoms with van der Waals surface area (Å²) in [5.41, 5.74) is 1.91. The van der Waals surface area contributed by atoms with Gasteiger partial charge in [-0.25, -0.2) is 0 Å². The van der Waals surface area contributed by atoms with Crippen molar-refractivity contribution in [3.8, 4) is 5.75 Å². The van der Waals surface area contributed by atoms with E-state index in [1.54, 1.807) is 48.4 Å². The molecule has 0 saturated carbocycles. The molecule has 0 atom stereocenters. The summed E-state index contributed by atoms with van der Waals surface area (Å²) in [6.45, 7) is 5.85. The zero-order chi connectivity index (χ0) is 24.8. The fraction of sp³-hybridized carbons (Fsp3) is 0.444. The SMILES string of the molecule is CCCN1CCC(NC(=O)c2cc(OC)ccc2NC(=O)c2cccc(N3CCCC3=O)c2)CC1. The molecule has 2 aliphatic rings. The van der Waals surface area contributed by atoms with Crippen molar-refractivity contribution < 1.29 is 19.1 Å². The van der Waals surface area contributed by atoms with Crippen LogP contribution in [-0.4, -0.2) is 62.0 Å². The molecule has 0 bridgehead atoms. The number of carbonyl (C=O) groups is 3. The molecule has 8 heteroatoms. The van der Waals surface area contributed by atoms with Crippen LogP contribution in [0.15, 0.2) is 42.5 Å². The van der Waals surface area contributed by atoms with E-state index in [4.69, 9.17) is 4.74 Å². The third-order valence-corrected chi connectivity index (χ3v) is 6.68. The van der Waals surface area contributed by atoms with E-state index in [0.717, 1.165) is 45.3 Å². The Morgan fingerprint density at radius 3 is 2.54 bits per heavy atom. The van der Waals surface area contributed by atoms with Gasteiger partial charge in [0.25, 0.3) is 11.8 Å². The van der Waals surface area contributed by atoms with E-state index in [1.165, 1.54) is 0 Å². The van der Waals surface area contributed by atoms with Gasteiger partial charge < -0.3 is 25.2 Å². The number of carbonyl (C=O) groups excluding carboxylic acids is 3. The Balaban J connectivity index is 1.48. The van der Waals surface area contributed by atoms with Gasteiger partial charge >= 0.3 is 0 Å². The van der Waals surface area contributed by atoms with Crippen LogP contribution in [-0.2, 0) is 4.79 Å². The molecule has 4 rings (SSSR count). The number of nitrogens with one attached hydrogen (secondary N) is 2. The van der Waals surface area contributed by atoms with Crippen LogP contribution >= 0.6 is 0 Å². The van der Waals surface area contributed by atoms with Gasteiger partial charge in [-0.2, -0.15) is 0 Å². The molecule has 0 unspecified atom stereocenters. The predicted octanol–water partition coefficient (Wildman–Crippen LogP) is 3.68. The summed E-state index contributed by atoms with van der Waals surface area (Å²) < 4.78 is 5.33. The Bertz CT molecular complexity index is 1080. The third-order valence-electron chi connectivity index (χ3n) is 6.68. The molecular formula is C27H34N4O4. The minimum Gasteiger partial charge on any atom is -0.497 e. The van der Waals surface area contributed by atoms with E-state index in [-0.39, 0.29) is 23.8 Å². The summed E-state index contributed by atoms with van der Waals surface area (Å²) in [4.78, 5) is 42.5. The lowest BCUT2D eigenvalue weighted by Gasteiger charge is -2.32. The van der Waals surface area contributed by atoms with E-state index in [0.29, 0.717) is 41.2 Å². The molecular weight excluding hydrogens is 444 g/mol. The smallest absolute Gasteiger partial charge is 0.255 e. The standard InChI is InChI=1S/C27H34N4O4/c1-3-13-30-15-11-20(12-16-30)28-27(34)23-18-22(35-2)9-10-24(23)29-26(33)19-6-4-7-21(17-19)31-14-5-8-25(31)32/h4,6-7,9-10,17-18,20H,3,5,8,11-16H2,1-2H3,(H,28,34)(H,29,33). The summed E-state index contributed by atoms with van der Waals surface area (Å²) >= 11 is 0. The van der Waals surface area contributed by atoms with Gasteiger partial charge in [-0.1, -0.05) is 13.0 Å². The zero-order valence-electron chi connectivity index (χ0n) is 20.5. The fourth-order valence-corrected chi connectivity index (χ4v) is 4.76. The molecule has 0 aliphatic carbocycles. The van der Waals surface area contributed by atoms with Crippen LogP contribution in [0.4, 0.5) is 11.4 Å². The van der Waals surface area contributed by atoms with Gasteiger partial charge in [-0.05, 0) is 68.6 Å². The highest BCUT2D eigenvalue weighted by atomic mass is 16.5. The molecule has 0 aromatic heterocycles. The van der Waals surface area contributed by atoms with Crippen molar-refractivity contribution in [2.45, 2.75) is 45.1 Å². The Morgan fingerprint density at radius 2 is 1.86 bits per heavy atom. The van der Waals surface area contributed by atoms with Crippen LogP contribution in [0.3, 0.4) is 0 Å². The number of ether oxygens (including phenoxy) is 1. The lowest BCUT2D eigenvalue weighted by atomic mass is 10.0. The number of benzene rings is 2. The topological polar surface area (TPSA) is 91.0 Å². The van der Waals surface area contributed by atoms with E-state index in [1.807, 2.05) is 6.07 Å². The second-order valence-electron chi connectivity index (χ2n) is 9.15. The predicted molar refractivity (Wildman–Crippen MR) is 136 cm³/mol. The first kappa shape index (κ1) is 24.7. The summed E-state index contributed by atoms with van der Waals surface area (Å²) in [5.74, 6) is 0.0350. The molecule has 2 saturated heterocycles. The van der Waals surface area contributed by atoms with Crippen LogP contribution in [0.5, 0.6) is 5.75 Å². The molecule has 8 nitrogen and oxygen atoms in total. The maximum absolute atomic E-state index is 13.2. The molecule has 0 spiro atoms. The van der Waals surface area contributed by atoms with Gasteiger partial charge in [-0.3, -0.25) is 14.4 Å². The quantitative estimate of drug-likeness (QED) is 0.604. The van der Waals surface area contributed by atoms with Crippen molar-refractivity contribution in [2.75, 3.05) is 43.5 Å². The maximum atomic E-state index is 13.2. The molecule has 35 heavy (non-hydrogen) atoms. The molecule has 2 heterocycles. The molecule has 0 radical (unpaired) electrons. The van der Waals surface area contributed by atoms with E-state index in [2.05, 4.69) is 22.5 Å². The first-order chi connectivity index (χ1) is 17.0. The summed E-state index contributed by atoms with van der Waals surface area (Å²) in [6.07, 6.45) is 4.27. The van der Waals surface area contributed by atoms with Crippen LogP contribution in [0, 0.1) is 0 Å². The number of nitrogens with zero attached hydrogens (tertiary/aromatic N) is 2. The number of rotatable bonds is 8. The van der Waals surface area contributed by atoms with Crippen LogP contribution in [0.2, 0.25) is 0 Å². The third kappa shape index (κ3) is 6.00. The van der Waals surface area contributed by atoms with Gasteiger partial charge in [0.1, 0.15) is 5.75 Å². The first-order valence-corrected chi connectivity index (χ1v) is 12.4. The summed E-state index contributed by atoms with van der Waals surface area (Å²) in [6, 6.07) is 12.2. The van der Waals surface area contributed by atoms with Crippen LogP contribution < -0.4 is 20.3 Å². The van der Waals surface area contributed by atoms with Gasteiger partial charge in [0.05, 0.1) is 18.4 Å². The minimum absolute atomic E-state index is 0.0668. The molecule has 2 N–H and O–H groups in total. The molecule has 186 valence electrons. The molecule has 2 fully saturated rings. The van der Waals surface area contributed by atoms with E-state index < -0.39 is 0 Å². The Hall–Kier alpha value is -3.39. The van der Waals surface area contributed by atoms with Crippen molar-refractivity contribution >= 4 is 29.1 Å². The number of methoxy groups -OCH3 is 1. The highest BCUT2D eigenvalue weighted by Gasteiger charge is 2.24. The lowest BCUT2D eigenvalue weighted by molar-refractivity contribution is -0.117. The van der Waals surface area contributed by atoms with Gasteiger partial charge in [0.15, 0.2) is 0 Å². The van der Waals surface area contributed by atoms with E-state index >= 15 is 0 Å². The van der Waals surface area contributed by atoms with Gasteiger partial charge in [-0.15, -0.1) is 0 Å². The highest BCUT2D eigenvalue weighted by Crippen LogP contribution is 2.26. The lowest BCUT2D eigenvalue weighted by Crippen LogP contribution is -2.44. The molecule has 3 amide bonds. The molecule has 2 aromatic carbocycles. The van der Waals surface area contributed by atoms with Crippen molar-refractivity contribution in [2.24, 2.45) is 0 Å². The van der Waals surface area contributed by atoms with Crippen molar-refractivity contribution in [3.05, 3.63) is 53.6 Å². The number of anilines is 2. The normalized spacial score (nSPS) is 16.9. The number of amides is 3. The Labute approximate surface area is 206 Å². The number of hydrogen-bond donors (Lipinski definition) is 2. The van der Waals surface area contributed by atoms with Gasteiger partial charge in [0, 0.05) is 43.3 Å². The zero-order valence-corrected chi connectivity index (χ0v) is 20.5. The average molecular weight is 479 g/mol. The monoisotopic (exact) mass is 478 g/mol. The second kappa shape index (κ2) is 11.4. The van der Waals surface area contributed by atoms with Crippen LogP contribution in [0.25, 0.3) is 0 Å². The van der Waals surface area contributed by atoms with Gasteiger partial charge in [0.2, 0.25) is 5.91 Å². The number of piperidine rings is 1. The average Bonchev–Trinajstić information content (AvgIpc) is 3.31. The first-order valence-electron chi connectivity index (χ1n) is 12.4. The van der Waals surface area contributed by atoms with Crippen molar-refractivity contribution in [1.82, 2.24) is 10.2 Å². The Morgan fingerprint density at radius 1 is 1.06 bits per heavy atom. The molecule has 2 aliphatic heterocycles. The highest BCUT2D eigenvalue weighted by molar-refractivity contribution is 6.10. The second-order valence-corrected chi connectivity index (χ2v) is 9.15. The van der Waals surface area contributed by atoms with Crippen LogP contribution in [0.1, 0.15) is 59.7 Å².